The van der Waals surface area contributed by atoms with Gasteiger partial charge in [0.1, 0.15) is 5.82 Å². The second kappa shape index (κ2) is 7.61. The van der Waals surface area contributed by atoms with Gasteiger partial charge in [0.25, 0.3) is 0 Å². The van der Waals surface area contributed by atoms with E-state index < -0.39 is 0 Å². The number of hydrogen-bond donors (Lipinski definition) is 1. The van der Waals surface area contributed by atoms with E-state index in [9.17, 15) is 4.39 Å². The molecule has 5 heteroatoms. The van der Waals surface area contributed by atoms with E-state index in [0.717, 1.165) is 35.7 Å². The van der Waals surface area contributed by atoms with E-state index in [0.29, 0.717) is 0 Å². The summed E-state index contributed by atoms with van der Waals surface area (Å²) in [6, 6.07) is 8.75. The van der Waals surface area contributed by atoms with Crippen molar-refractivity contribution in [2.45, 2.75) is 44.2 Å². The highest BCUT2D eigenvalue weighted by atomic mass is 32.2. The molecule has 21 heavy (non-hydrogen) atoms. The van der Waals surface area contributed by atoms with Crippen LogP contribution in [-0.4, -0.2) is 21.6 Å². The van der Waals surface area contributed by atoms with Crippen molar-refractivity contribution in [1.82, 2.24) is 9.78 Å². The van der Waals surface area contributed by atoms with Crippen LogP contribution in [0.15, 0.2) is 35.2 Å². The number of nitrogens with zero attached hydrogens (tertiary/aromatic N) is 2. The number of hydrogen-bond acceptors (Lipinski definition) is 3. The quantitative estimate of drug-likeness (QED) is 0.798. The number of aromatic nitrogens is 2. The van der Waals surface area contributed by atoms with Crippen LogP contribution in [0.3, 0.4) is 0 Å². The molecular weight excluding hydrogens is 285 g/mol. The summed E-state index contributed by atoms with van der Waals surface area (Å²) in [5.74, 6) is 0.602. The van der Waals surface area contributed by atoms with Crippen LogP contribution in [0.5, 0.6) is 0 Å². The van der Waals surface area contributed by atoms with Crippen molar-refractivity contribution < 1.29 is 4.39 Å². The van der Waals surface area contributed by atoms with Crippen LogP contribution < -0.4 is 5.73 Å². The minimum atomic E-state index is -0.206. The lowest BCUT2D eigenvalue weighted by atomic mass is 10.2. The van der Waals surface area contributed by atoms with E-state index in [1.807, 2.05) is 4.68 Å². The summed E-state index contributed by atoms with van der Waals surface area (Å²) in [5, 5.41) is 4.54. The van der Waals surface area contributed by atoms with Gasteiger partial charge in [-0.1, -0.05) is 6.92 Å². The molecule has 0 fully saturated rings. The second-order valence-electron chi connectivity index (χ2n) is 5.03. The fourth-order valence-electron chi connectivity index (χ4n) is 2.19. The molecule has 0 spiro atoms. The Morgan fingerprint density at radius 1 is 1.29 bits per heavy atom. The largest absolute Gasteiger partial charge is 0.327 e. The number of rotatable bonds is 7. The molecule has 1 atom stereocenters. The van der Waals surface area contributed by atoms with Crippen molar-refractivity contribution in [1.29, 1.82) is 0 Å². The van der Waals surface area contributed by atoms with E-state index in [1.165, 1.54) is 17.8 Å². The molecule has 3 nitrogen and oxygen atoms in total. The molecule has 2 N–H and O–H groups in total. The van der Waals surface area contributed by atoms with E-state index in [4.69, 9.17) is 5.73 Å². The van der Waals surface area contributed by atoms with Gasteiger partial charge in [0.2, 0.25) is 0 Å². The Labute approximate surface area is 129 Å². The smallest absolute Gasteiger partial charge is 0.123 e. The lowest BCUT2D eigenvalue weighted by Crippen LogP contribution is -2.26. The van der Waals surface area contributed by atoms with Crippen molar-refractivity contribution >= 4 is 11.8 Å². The van der Waals surface area contributed by atoms with E-state index >= 15 is 0 Å². The van der Waals surface area contributed by atoms with Crippen molar-refractivity contribution in [2.75, 3.05) is 5.75 Å². The van der Waals surface area contributed by atoms with Crippen molar-refractivity contribution in [2.24, 2.45) is 5.73 Å². The molecule has 0 aliphatic rings. The van der Waals surface area contributed by atoms with Crippen LogP contribution in [0.1, 0.15) is 25.2 Å². The molecule has 0 saturated heterocycles. The monoisotopic (exact) mass is 307 g/mol. The van der Waals surface area contributed by atoms with Crippen LogP contribution in [0, 0.1) is 5.82 Å². The molecule has 0 saturated carbocycles. The lowest BCUT2D eigenvalue weighted by molar-refractivity contribution is 0.592. The summed E-state index contributed by atoms with van der Waals surface area (Å²) in [4.78, 5) is 1.05. The molecule has 1 heterocycles. The minimum Gasteiger partial charge on any atom is -0.327 e. The third kappa shape index (κ3) is 4.58. The Hall–Kier alpha value is -1.33. The molecule has 2 rings (SSSR count). The van der Waals surface area contributed by atoms with Crippen LogP contribution in [0.2, 0.25) is 0 Å². The van der Waals surface area contributed by atoms with Gasteiger partial charge in [-0.3, -0.25) is 4.68 Å². The molecule has 0 aliphatic heterocycles. The van der Waals surface area contributed by atoms with Gasteiger partial charge in [0, 0.05) is 35.3 Å². The fourth-order valence-corrected chi connectivity index (χ4v) is 3.04. The molecule has 0 aliphatic carbocycles. The molecule has 0 radical (unpaired) electrons. The Balaban J connectivity index is 1.90. The first-order valence-corrected chi connectivity index (χ1v) is 8.30. The molecular formula is C16H22FN3S. The highest BCUT2D eigenvalue weighted by molar-refractivity contribution is 7.99. The molecule has 1 aromatic heterocycles. The van der Waals surface area contributed by atoms with Crippen LogP contribution >= 0.6 is 11.8 Å². The Morgan fingerprint density at radius 3 is 2.62 bits per heavy atom. The predicted octanol–water partition coefficient (Wildman–Crippen LogP) is 3.27. The van der Waals surface area contributed by atoms with Gasteiger partial charge in [-0.15, -0.1) is 11.8 Å². The van der Waals surface area contributed by atoms with Gasteiger partial charge in [0.05, 0.1) is 5.69 Å². The lowest BCUT2D eigenvalue weighted by Gasteiger charge is -2.12. The number of halogens is 1. The number of aryl methyl sites for hydroxylation is 2. The first-order chi connectivity index (χ1) is 10.1. The summed E-state index contributed by atoms with van der Waals surface area (Å²) >= 11 is 1.66. The normalized spacial score (nSPS) is 12.6. The van der Waals surface area contributed by atoms with Crippen molar-refractivity contribution in [3.8, 4) is 0 Å². The molecule has 1 unspecified atom stereocenters. The van der Waals surface area contributed by atoms with Crippen LogP contribution in [0.25, 0.3) is 0 Å². The standard InChI is InChI=1S/C16H22FN3S/c1-3-14-10-15(20(4-2)19-14)9-13(18)11-21-16-7-5-12(17)6-8-16/h5-8,10,13H,3-4,9,11,18H2,1-2H3. The summed E-state index contributed by atoms with van der Waals surface area (Å²) in [6.45, 7) is 5.07. The first-order valence-electron chi connectivity index (χ1n) is 7.32. The Bertz CT molecular complexity index is 565. The zero-order valence-electron chi connectivity index (χ0n) is 12.6. The third-order valence-corrected chi connectivity index (χ3v) is 4.53. The van der Waals surface area contributed by atoms with E-state index in [1.54, 1.807) is 23.9 Å². The summed E-state index contributed by atoms with van der Waals surface area (Å²) in [7, 11) is 0. The first kappa shape index (κ1) is 16.0. The number of nitrogens with two attached hydrogens (primary N) is 1. The second-order valence-corrected chi connectivity index (χ2v) is 6.12. The van der Waals surface area contributed by atoms with Gasteiger partial charge in [-0.05, 0) is 43.7 Å². The highest BCUT2D eigenvalue weighted by Gasteiger charge is 2.11. The average Bonchev–Trinajstić information content (AvgIpc) is 2.89. The SMILES string of the molecule is CCc1cc(CC(N)CSc2ccc(F)cc2)n(CC)n1. The van der Waals surface area contributed by atoms with Gasteiger partial charge in [-0.25, -0.2) is 4.39 Å². The molecule has 0 amide bonds. The maximum Gasteiger partial charge on any atom is 0.123 e. The maximum absolute atomic E-state index is 12.8. The zero-order valence-corrected chi connectivity index (χ0v) is 13.4. The number of thioether (sulfide) groups is 1. The van der Waals surface area contributed by atoms with Gasteiger partial charge in [0.15, 0.2) is 0 Å². The Morgan fingerprint density at radius 2 is 2.00 bits per heavy atom. The third-order valence-electron chi connectivity index (χ3n) is 3.32. The minimum absolute atomic E-state index is 0.0618. The topological polar surface area (TPSA) is 43.8 Å². The summed E-state index contributed by atoms with van der Waals surface area (Å²) in [5.41, 5.74) is 8.53. The van der Waals surface area contributed by atoms with Gasteiger partial charge in [-0.2, -0.15) is 5.10 Å². The summed E-state index contributed by atoms with van der Waals surface area (Å²) < 4.78 is 14.9. The molecule has 1 aromatic carbocycles. The molecule has 2 aromatic rings. The molecule has 0 bridgehead atoms. The fraction of sp³-hybridized carbons (Fsp3) is 0.438. The van der Waals surface area contributed by atoms with Gasteiger partial charge < -0.3 is 5.73 Å². The van der Waals surface area contributed by atoms with E-state index in [2.05, 4.69) is 25.0 Å². The maximum atomic E-state index is 12.8. The average molecular weight is 307 g/mol. The predicted molar refractivity (Wildman–Crippen MR) is 86.1 cm³/mol. The van der Waals surface area contributed by atoms with Crippen molar-refractivity contribution in [3.05, 3.63) is 47.5 Å². The molecule has 114 valence electrons. The van der Waals surface area contributed by atoms with Crippen molar-refractivity contribution in [3.63, 3.8) is 0 Å². The number of benzene rings is 1. The van der Waals surface area contributed by atoms with Crippen LogP contribution in [0.4, 0.5) is 4.39 Å². The van der Waals surface area contributed by atoms with Gasteiger partial charge >= 0.3 is 0 Å². The zero-order chi connectivity index (χ0) is 15.2. The highest BCUT2D eigenvalue weighted by Crippen LogP contribution is 2.19. The van der Waals surface area contributed by atoms with Crippen LogP contribution in [-0.2, 0) is 19.4 Å². The summed E-state index contributed by atoms with van der Waals surface area (Å²) in [6.07, 6.45) is 1.76. The van der Waals surface area contributed by atoms with E-state index in [-0.39, 0.29) is 11.9 Å². The Kier molecular flexibility index (Phi) is 5.82.